The maximum absolute atomic E-state index is 10.3. The lowest BCUT2D eigenvalue weighted by Crippen LogP contribution is -2.24. The highest BCUT2D eigenvalue weighted by molar-refractivity contribution is 5.66. The van der Waals surface area contributed by atoms with E-state index in [1.807, 2.05) is 14.0 Å². The molecule has 6 heteroatoms. The fourth-order valence-electron chi connectivity index (χ4n) is 1.17. The van der Waals surface area contributed by atoms with Crippen LogP contribution in [0.4, 0.5) is 0 Å². The minimum Gasteiger partial charge on any atom is -0.481 e. The van der Waals surface area contributed by atoms with Crippen LogP contribution < -0.4 is 5.32 Å². The molecule has 0 radical (unpaired) electrons. The van der Waals surface area contributed by atoms with E-state index >= 15 is 0 Å². The largest absolute Gasteiger partial charge is 0.481 e. The third kappa shape index (κ3) is 2.81. The summed E-state index contributed by atoms with van der Waals surface area (Å²) in [6, 6.07) is 0.0156. The molecular formula is C8H14N4O2. The molecule has 1 unspecified atom stereocenters. The topological polar surface area (TPSA) is 80.0 Å². The number of nitrogens with zero attached hydrogens (tertiary/aromatic N) is 3. The van der Waals surface area contributed by atoms with Crippen molar-refractivity contribution in [3.63, 3.8) is 0 Å². The fraction of sp³-hybridized carbons (Fsp3) is 0.625. The van der Waals surface area contributed by atoms with Crippen LogP contribution in [0, 0.1) is 0 Å². The molecule has 1 aromatic rings. The first-order chi connectivity index (χ1) is 6.61. The SMILES string of the molecule is CC(NCCC(=O)O)c1nncn1C. The Morgan fingerprint density at radius 1 is 1.79 bits per heavy atom. The van der Waals surface area contributed by atoms with E-state index in [2.05, 4.69) is 15.5 Å². The first-order valence-corrected chi connectivity index (χ1v) is 4.40. The number of carboxylic acids is 1. The van der Waals surface area contributed by atoms with Crippen LogP contribution in [0.5, 0.6) is 0 Å². The summed E-state index contributed by atoms with van der Waals surface area (Å²) in [5.74, 6) is -0.00180. The first kappa shape index (κ1) is 10.6. The van der Waals surface area contributed by atoms with Gasteiger partial charge in [-0.3, -0.25) is 4.79 Å². The summed E-state index contributed by atoms with van der Waals surface area (Å²) in [5.41, 5.74) is 0. The van der Waals surface area contributed by atoms with Gasteiger partial charge < -0.3 is 15.0 Å². The van der Waals surface area contributed by atoms with E-state index in [0.717, 1.165) is 5.82 Å². The smallest absolute Gasteiger partial charge is 0.304 e. The maximum Gasteiger partial charge on any atom is 0.304 e. The molecule has 0 saturated carbocycles. The number of hydrogen-bond donors (Lipinski definition) is 2. The molecule has 0 saturated heterocycles. The highest BCUT2D eigenvalue weighted by Gasteiger charge is 2.10. The van der Waals surface area contributed by atoms with Crippen molar-refractivity contribution in [3.8, 4) is 0 Å². The summed E-state index contributed by atoms with van der Waals surface area (Å²) in [6.45, 7) is 2.36. The van der Waals surface area contributed by atoms with Crippen LogP contribution in [0.3, 0.4) is 0 Å². The minimum atomic E-state index is -0.803. The molecule has 0 spiro atoms. The van der Waals surface area contributed by atoms with E-state index in [1.54, 1.807) is 10.9 Å². The molecule has 0 fully saturated rings. The van der Waals surface area contributed by atoms with Gasteiger partial charge >= 0.3 is 5.97 Å². The molecule has 1 rings (SSSR count). The predicted octanol–water partition coefficient (Wildman–Crippen LogP) is -0.0596. The maximum atomic E-state index is 10.3. The average Bonchev–Trinajstić information content (AvgIpc) is 2.50. The lowest BCUT2D eigenvalue weighted by atomic mass is 10.3. The van der Waals surface area contributed by atoms with Crippen LogP contribution in [0.2, 0.25) is 0 Å². The van der Waals surface area contributed by atoms with Gasteiger partial charge in [0.1, 0.15) is 12.2 Å². The van der Waals surface area contributed by atoms with Crippen molar-refractivity contribution in [1.82, 2.24) is 20.1 Å². The normalized spacial score (nSPS) is 12.7. The number of carbonyl (C=O) groups is 1. The molecule has 0 aliphatic heterocycles. The Kier molecular flexibility index (Phi) is 3.58. The van der Waals surface area contributed by atoms with E-state index < -0.39 is 5.97 Å². The Labute approximate surface area is 82.0 Å². The van der Waals surface area contributed by atoms with Gasteiger partial charge in [0, 0.05) is 13.6 Å². The fourth-order valence-corrected chi connectivity index (χ4v) is 1.17. The van der Waals surface area contributed by atoms with Gasteiger partial charge in [-0.15, -0.1) is 10.2 Å². The van der Waals surface area contributed by atoms with E-state index in [4.69, 9.17) is 5.11 Å². The zero-order valence-electron chi connectivity index (χ0n) is 8.27. The third-order valence-corrected chi connectivity index (χ3v) is 1.92. The van der Waals surface area contributed by atoms with E-state index in [0.29, 0.717) is 6.54 Å². The molecule has 1 atom stereocenters. The van der Waals surface area contributed by atoms with Crippen LogP contribution in [0.1, 0.15) is 25.2 Å². The standard InChI is InChI=1S/C8H14N4O2/c1-6(9-4-3-7(13)14)8-11-10-5-12(8)2/h5-6,9H,3-4H2,1-2H3,(H,13,14). The molecule has 1 aromatic heterocycles. The minimum absolute atomic E-state index is 0.0156. The van der Waals surface area contributed by atoms with Gasteiger partial charge in [0.15, 0.2) is 0 Å². The van der Waals surface area contributed by atoms with E-state index in [9.17, 15) is 4.79 Å². The molecule has 0 aliphatic carbocycles. The number of carboxylic acid groups (broad SMARTS) is 1. The van der Waals surface area contributed by atoms with Crippen LogP contribution in [0.25, 0.3) is 0 Å². The number of aromatic nitrogens is 3. The summed E-state index contributed by atoms with van der Waals surface area (Å²) in [5, 5.41) is 19.2. The monoisotopic (exact) mass is 198 g/mol. The Hall–Kier alpha value is -1.43. The summed E-state index contributed by atoms with van der Waals surface area (Å²) in [6.07, 6.45) is 1.73. The zero-order valence-corrected chi connectivity index (χ0v) is 8.27. The van der Waals surface area contributed by atoms with Crippen molar-refractivity contribution >= 4 is 5.97 Å². The Morgan fingerprint density at radius 3 is 3.00 bits per heavy atom. The summed E-state index contributed by atoms with van der Waals surface area (Å²) >= 11 is 0. The summed E-state index contributed by atoms with van der Waals surface area (Å²) in [7, 11) is 1.85. The molecular weight excluding hydrogens is 184 g/mol. The number of rotatable bonds is 5. The molecule has 0 amide bonds. The van der Waals surface area contributed by atoms with Gasteiger partial charge in [0.05, 0.1) is 12.5 Å². The third-order valence-electron chi connectivity index (χ3n) is 1.92. The lowest BCUT2D eigenvalue weighted by Gasteiger charge is -2.11. The van der Waals surface area contributed by atoms with E-state index in [1.165, 1.54) is 0 Å². The van der Waals surface area contributed by atoms with Gasteiger partial charge in [-0.05, 0) is 6.92 Å². The predicted molar refractivity (Wildman–Crippen MR) is 49.7 cm³/mol. The molecule has 0 bridgehead atoms. The van der Waals surface area contributed by atoms with Crippen molar-refractivity contribution in [2.45, 2.75) is 19.4 Å². The highest BCUT2D eigenvalue weighted by Crippen LogP contribution is 2.06. The molecule has 2 N–H and O–H groups in total. The van der Waals surface area contributed by atoms with Crippen molar-refractivity contribution in [2.75, 3.05) is 6.54 Å². The summed E-state index contributed by atoms with van der Waals surface area (Å²) in [4.78, 5) is 10.3. The lowest BCUT2D eigenvalue weighted by molar-refractivity contribution is -0.136. The number of aliphatic carboxylic acids is 1. The zero-order chi connectivity index (χ0) is 10.6. The second-order valence-corrected chi connectivity index (χ2v) is 3.12. The first-order valence-electron chi connectivity index (χ1n) is 4.40. The number of aryl methyl sites for hydroxylation is 1. The van der Waals surface area contributed by atoms with Crippen molar-refractivity contribution in [2.24, 2.45) is 7.05 Å². The Bertz CT molecular complexity index is 310. The Morgan fingerprint density at radius 2 is 2.50 bits per heavy atom. The van der Waals surface area contributed by atoms with Crippen LogP contribution in [0.15, 0.2) is 6.33 Å². The average molecular weight is 198 g/mol. The van der Waals surface area contributed by atoms with Gasteiger partial charge in [-0.2, -0.15) is 0 Å². The van der Waals surface area contributed by atoms with E-state index in [-0.39, 0.29) is 12.5 Å². The molecule has 0 aliphatic rings. The van der Waals surface area contributed by atoms with Crippen LogP contribution in [-0.4, -0.2) is 32.4 Å². The van der Waals surface area contributed by atoms with Crippen molar-refractivity contribution < 1.29 is 9.90 Å². The van der Waals surface area contributed by atoms with Gasteiger partial charge in [0.25, 0.3) is 0 Å². The van der Waals surface area contributed by atoms with Crippen molar-refractivity contribution in [3.05, 3.63) is 12.2 Å². The summed E-state index contributed by atoms with van der Waals surface area (Å²) < 4.78 is 1.80. The Balaban J connectivity index is 2.39. The second-order valence-electron chi connectivity index (χ2n) is 3.12. The molecule has 0 aromatic carbocycles. The number of nitrogens with one attached hydrogen (secondary N) is 1. The van der Waals surface area contributed by atoms with Crippen LogP contribution >= 0.6 is 0 Å². The number of hydrogen-bond acceptors (Lipinski definition) is 4. The molecule has 6 nitrogen and oxygen atoms in total. The molecule has 14 heavy (non-hydrogen) atoms. The van der Waals surface area contributed by atoms with Gasteiger partial charge in [0.2, 0.25) is 0 Å². The van der Waals surface area contributed by atoms with Gasteiger partial charge in [-0.25, -0.2) is 0 Å². The van der Waals surface area contributed by atoms with Crippen LogP contribution in [-0.2, 0) is 11.8 Å². The second kappa shape index (κ2) is 4.71. The quantitative estimate of drug-likeness (QED) is 0.692. The molecule has 78 valence electrons. The van der Waals surface area contributed by atoms with Gasteiger partial charge in [-0.1, -0.05) is 0 Å². The van der Waals surface area contributed by atoms with Crippen molar-refractivity contribution in [1.29, 1.82) is 0 Å². The molecule has 1 heterocycles. The highest BCUT2D eigenvalue weighted by atomic mass is 16.4.